The van der Waals surface area contributed by atoms with E-state index < -0.39 is 10.9 Å². The van der Waals surface area contributed by atoms with Gasteiger partial charge in [-0.2, -0.15) is 0 Å². The van der Waals surface area contributed by atoms with Crippen molar-refractivity contribution in [3.63, 3.8) is 0 Å². The Morgan fingerprint density at radius 1 is 1.52 bits per heavy atom. The van der Waals surface area contributed by atoms with Crippen LogP contribution >= 0.6 is 11.8 Å². The summed E-state index contributed by atoms with van der Waals surface area (Å²) in [6, 6.07) is 4.01. The van der Waals surface area contributed by atoms with Crippen LogP contribution < -0.4 is 0 Å². The highest BCUT2D eigenvalue weighted by Gasteiger charge is 2.19. The number of esters is 1. The lowest BCUT2D eigenvalue weighted by Gasteiger charge is -2.06. The van der Waals surface area contributed by atoms with Gasteiger partial charge in [-0.3, -0.25) is 15.2 Å². The molecule has 0 radical (unpaired) electrons. The van der Waals surface area contributed by atoms with E-state index in [1.807, 2.05) is 0 Å². The topological polar surface area (TPSA) is 111 Å². The van der Waals surface area contributed by atoms with E-state index in [1.54, 1.807) is 13.8 Å². The summed E-state index contributed by atoms with van der Waals surface area (Å²) in [5.41, 5.74) is -0.0490. The average molecular weight is 308 g/mol. The number of aromatic amines is 1. The molecule has 0 amide bonds. The number of nitrogens with zero attached hydrogens (tertiary/aromatic N) is 3. The van der Waals surface area contributed by atoms with Gasteiger partial charge in [-0.1, -0.05) is 0 Å². The minimum absolute atomic E-state index is 0.124. The number of aryl methyl sites for hydroxylation is 1. The monoisotopic (exact) mass is 308 g/mol. The van der Waals surface area contributed by atoms with E-state index in [0.29, 0.717) is 15.9 Å². The molecule has 1 N–H and O–H groups in total. The molecule has 0 aliphatic rings. The third-order valence-corrected chi connectivity index (χ3v) is 3.39. The van der Waals surface area contributed by atoms with Crippen molar-refractivity contribution < 1.29 is 14.5 Å². The number of carbonyl (C=O) groups is 1. The summed E-state index contributed by atoms with van der Waals surface area (Å²) in [5.74, 6) is 0.0213. The zero-order valence-electron chi connectivity index (χ0n) is 11.3. The van der Waals surface area contributed by atoms with Crippen molar-refractivity contribution in [3.05, 3.63) is 39.7 Å². The van der Waals surface area contributed by atoms with E-state index in [-0.39, 0.29) is 17.9 Å². The van der Waals surface area contributed by atoms with Crippen molar-refractivity contribution in [2.75, 3.05) is 6.61 Å². The van der Waals surface area contributed by atoms with Gasteiger partial charge in [0.15, 0.2) is 0 Å². The van der Waals surface area contributed by atoms with Gasteiger partial charge in [0, 0.05) is 17.0 Å². The minimum Gasteiger partial charge on any atom is -0.462 e. The van der Waals surface area contributed by atoms with Gasteiger partial charge in [0.2, 0.25) is 5.16 Å². The quantitative estimate of drug-likeness (QED) is 0.512. The molecule has 2 aromatic rings. The Hall–Kier alpha value is -2.42. The number of non-ortho nitro benzene ring substituents is 1. The summed E-state index contributed by atoms with van der Waals surface area (Å²) >= 11 is 1.13. The Morgan fingerprint density at radius 2 is 2.29 bits per heavy atom. The van der Waals surface area contributed by atoms with Crippen LogP contribution in [0.1, 0.15) is 23.1 Å². The van der Waals surface area contributed by atoms with E-state index in [4.69, 9.17) is 4.74 Å². The van der Waals surface area contributed by atoms with Gasteiger partial charge >= 0.3 is 5.97 Å². The SMILES string of the molecule is CCOC(=O)c1cc([N+](=O)[O-])ccc1Sc1n[nH]c(C)n1. The molecule has 2 rings (SSSR count). The van der Waals surface area contributed by atoms with E-state index in [0.717, 1.165) is 11.8 Å². The normalized spacial score (nSPS) is 10.4. The molecule has 0 unspecified atom stereocenters. The highest BCUT2D eigenvalue weighted by Crippen LogP contribution is 2.31. The largest absolute Gasteiger partial charge is 0.462 e. The number of carbonyl (C=O) groups excluding carboxylic acids is 1. The van der Waals surface area contributed by atoms with Crippen LogP contribution in [-0.2, 0) is 4.74 Å². The highest BCUT2D eigenvalue weighted by molar-refractivity contribution is 7.99. The first kappa shape index (κ1) is 15.0. The van der Waals surface area contributed by atoms with Gasteiger partial charge in [-0.25, -0.2) is 9.78 Å². The maximum Gasteiger partial charge on any atom is 0.339 e. The second-order valence-corrected chi connectivity index (χ2v) is 4.97. The summed E-state index contributed by atoms with van der Waals surface area (Å²) in [6.45, 7) is 3.60. The van der Waals surface area contributed by atoms with Crippen molar-refractivity contribution in [2.24, 2.45) is 0 Å². The van der Waals surface area contributed by atoms with Crippen LogP contribution in [-0.4, -0.2) is 32.7 Å². The molecule has 0 fully saturated rings. The van der Waals surface area contributed by atoms with E-state index >= 15 is 0 Å². The number of nitro benzene ring substituents is 1. The van der Waals surface area contributed by atoms with Gasteiger partial charge in [0.1, 0.15) is 5.82 Å². The summed E-state index contributed by atoms with van der Waals surface area (Å²) in [6.07, 6.45) is 0. The molecule has 0 spiro atoms. The second-order valence-electron chi connectivity index (χ2n) is 3.96. The lowest BCUT2D eigenvalue weighted by atomic mass is 10.2. The zero-order valence-corrected chi connectivity index (χ0v) is 12.1. The molecule has 110 valence electrons. The Bertz CT molecular complexity index is 686. The van der Waals surface area contributed by atoms with Gasteiger partial charge in [-0.05, 0) is 31.7 Å². The zero-order chi connectivity index (χ0) is 15.4. The van der Waals surface area contributed by atoms with Crippen LogP contribution in [0.4, 0.5) is 5.69 Å². The van der Waals surface area contributed by atoms with E-state index in [1.165, 1.54) is 18.2 Å². The average Bonchev–Trinajstić information content (AvgIpc) is 2.84. The predicted molar refractivity (Wildman–Crippen MR) is 74.3 cm³/mol. The maximum absolute atomic E-state index is 11.9. The summed E-state index contributed by atoms with van der Waals surface area (Å²) in [5, 5.41) is 17.9. The van der Waals surface area contributed by atoms with Crippen LogP contribution in [0.3, 0.4) is 0 Å². The molecule has 0 atom stereocenters. The van der Waals surface area contributed by atoms with Gasteiger partial charge in [-0.15, -0.1) is 5.10 Å². The smallest absolute Gasteiger partial charge is 0.339 e. The van der Waals surface area contributed by atoms with Gasteiger partial charge in [0.05, 0.1) is 17.1 Å². The van der Waals surface area contributed by atoms with E-state index in [2.05, 4.69) is 15.2 Å². The van der Waals surface area contributed by atoms with Crippen LogP contribution in [0.15, 0.2) is 28.3 Å². The maximum atomic E-state index is 11.9. The summed E-state index contributed by atoms with van der Waals surface area (Å²) in [7, 11) is 0. The third kappa shape index (κ3) is 3.57. The molecule has 1 aromatic carbocycles. The second kappa shape index (κ2) is 6.35. The molecule has 0 aliphatic heterocycles. The molecule has 21 heavy (non-hydrogen) atoms. The van der Waals surface area contributed by atoms with Crippen molar-refractivity contribution >= 4 is 23.4 Å². The number of hydrogen-bond donors (Lipinski definition) is 1. The Morgan fingerprint density at radius 3 is 2.86 bits per heavy atom. The van der Waals surface area contributed by atoms with Crippen LogP contribution in [0.2, 0.25) is 0 Å². The first-order valence-corrected chi connectivity index (χ1v) is 6.85. The van der Waals surface area contributed by atoms with Crippen LogP contribution in [0, 0.1) is 17.0 Å². The molecule has 0 aliphatic carbocycles. The Balaban J connectivity index is 2.38. The Labute approximate surface area is 124 Å². The van der Waals surface area contributed by atoms with Crippen LogP contribution in [0.25, 0.3) is 0 Å². The number of benzene rings is 1. The number of nitro groups is 1. The van der Waals surface area contributed by atoms with Gasteiger partial charge < -0.3 is 4.74 Å². The molecular weight excluding hydrogens is 296 g/mol. The van der Waals surface area contributed by atoms with Crippen molar-refractivity contribution in [3.8, 4) is 0 Å². The molecule has 8 nitrogen and oxygen atoms in total. The number of aromatic nitrogens is 3. The number of hydrogen-bond acceptors (Lipinski definition) is 7. The molecule has 1 aromatic heterocycles. The molecular formula is C12H12N4O4S. The van der Waals surface area contributed by atoms with Crippen molar-refractivity contribution in [1.82, 2.24) is 15.2 Å². The molecule has 1 heterocycles. The minimum atomic E-state index is -0.615. The lowest BCUT2D eigenvalue weighted by molar-refractivity contribution is -0.384. The fraction of sp³-hybridized carbons (Fsp3) is 0.250. The number of rotatable bonds is 5. The summed E-state index contributed by atoms with van der Waals surface area (Å²) < 4.78 is 4.92. The lowest BCUT2D eigenvalue weighted by Crippen LogP contribution is -2.07. The van der Waals surface area contributed by atoms with Crippen LogP contribution in [0.5, 0.6) is 0 Å². The van der Waals surface area contributed by atoms with Gasteiger partial charge in [0.25, 0.3) is 5.69 Å². The number of ether oxygens (including phenoxy) is 1. The first-order chi connectivity index (χ1) is 10.0. The summed E-state index contributed by atoms with van der Waals surface area (Å²) in [4.78, 5) is 26.8. The number of nitrogens with one attached hydrogen (secondary N) is 1. The molecule has 9 heteroatoms. The standard InChI is InChI=1S/C12H12N4O4S/c1-3-20-11(17)9-6-8(16(18)19)4-5-10(9)21-12-13-7(2)14-15-12/h4-6H,3H2,1-2H3,(H,13,14,15). The van der Waals surface area contributed by atoms with Crippen molar-refractivity contribution in [1.29, 1.82) is 0 Å². The molecule has 0 saturated carbocycles. The first-order valence-electron chi connectivity index (χ1n) is 6.03. The predicted octanol–water partition coefficient (Wildman–Crippen LogP) is 2.35. The molecule has 0 bridgehead atoms. The fourth-order valence-corrected chi connectivity index (χ4v) is 2.41. The highest BCUT2D eigenvalue weighted by atomic mass is 32.2. The number of H-pyrrole nitrogens is 1. The Kier molecular flexibility index (Phi) is 4.53. The van der Waals surface area contributed by atoms with Crippen molar-refractivity contribution in [2.45, 2.75) is 23.9 Å². The third-order valence-electron chi connectivity index (χ3n) is 2.45. The molecule has 0 saturated heterocycles. The van der Waals surface area contributed by atoms with E-state index in [9.17, 15) is 14.9 Å². The fourth-order valence-electron chi connectivity index (χ4n) is 1.56.